The van der Waals surface area contributed by atoms with Gasteiger partial charge in [0.2, 0.25) is 0 Å². The number of halogens is 1. The van der Waals surface area contributed by atoms with E-state index in [0.29, 0.717) is 12.0 Å². The molecule has 0 aromatic heterocycles. The van der Waals surface area contributed by atoms with Crippen LogP contribution in [0.1, 0.15) is 26.7 Å². The van der Waals surface area contributed by atoms with E-state index in [4.69, 9.17) is 11.6 Å². The molecule has 1 N–H and O–H groups in total. The summed E-state index contributed by atoms with van der Waals surface area (Å²) in [6.45, 7) is 4.39. The molecule has 0 amide bonds. The molecule has 1 aliphatic heterocycles. The van der Waals surface area contributed by atoms with Crippen molar-refractivity contribution in [3.8, 4) is 0 Å². The Kier molecular flexibility index (Phi) is 2.69. The van der Waals surface area contributed by atoms with Gasteiger partial charge >= 0.3 is 0 Å². The Bertz CT molecular complexity index is 325. The van der Waals surface area contributed by atoms with E-state index in [0.717, 1.165) is 5.03 Å². The highest BCUT2D eigenvalue weighted by molar-refractivity contribution is 6.31. The number of fused-ring (bicyclic) bond motifs is 1. The van der Waals surface area contributed by atoms with Gasteiger partial charge in [0.1, 0.15) is 0 Å². The van der Waals surface area contributed by atoms with Crippen LogP contribution in [0, 0.1) is 5.92 Å². The second kappa shape index (κ2) is 3.82. The van der Waals surface area contributed by atoms with Gasteiger partial charge in [0.05, 0.1) is 6.04 Å². The van der Waals surface area contributed by atoms with Crippen LogP contribution in [0.25, 0.3) is 0 Å². The average Bonchev–Trinajstić information content (AvgIpc) is 2.49. The van der Waals surface area contributed by atoms with Crippen molar-refractivity contribution in [3.05, 3.63) is 34.5 Å². The van der Waals surface area contributed by atoms with E-state index in [1.54, 1.807) is 0 Å². The fraction of sp³-hybridized carbons (Fsp3) is 0.500. The van der Waals surface area contributed by atoms with Crippen LogP contribution in [0.15, 0.2) is 34.5 Å². The first-order valence-corrected chi connectivity index (χ1v) is 5.60. The van der Waals surface area contributed by atoms with Crippen LogP contribution in [0.5, 0.6) is 0 Å². The van der Waals surface area contributed by atoms with Crippen LogP contribution in [0.2, 0.25) is 0 Å². The molecule has 14 heavy (non-hydrogen) atoms. The maximum absolute atomic E-state index is 6.02. The third-order valence-electron chi connectivity index (χ3n) is 2.95. The molecule has 76 valence electrons. The smallest absolute Gasteiger partial charge is 0.0559 e. The fourth-order valence-corrected chi connectivity index (χ4v) is 2.69. The molecule has 0 aromatic rings. The van der Waals surface area contributed by atoms with Crippen LogP contribution in [-0.4, -0.2) is 6.04 Å². The topological polar surface area (TPSA) is 12.0 Å². The van der Waals surface area contributed by atoms with Crippen molar-refractivity contribution in [2.24, 2.45) is 5.92 Å². The molecule has 0 radical (unpaired) electrons. The van der Waals surface area contributed by atoms with Crippen molar-refractivity contribution in [1.82, 2.24) is 5.32 Å². The molecule has 0 aromatic carbocycles. The quantitative estimate of drug-likeness (QED) is 0.736. The molecule has 0 saturated carbocycles. The SMILES string of the molecule is CCCC1=CNC2C=C(Cl)C=C(C)C12. The minimum atomic E-state index is 0.397. The molecule has 0 bridgehead atoms. The van der Waals surface area contributed by atoms with Crippen molar-refractivity contribution in [3.63, 3.8) is 0 Å². The zero-order valence-electron chi connectivity index (χ0n) is 8.68. The normalized spacial score (nSPS) is 30.1. The van der Waals surface area contributed by atoms with Gasteiger partial charge in [-0.3, -0.25) is 0 Å². The third kappa shape index (κ3) is 1.61. The Labute approximate surface area is 90.5 Å². The maximum Gasteiger partial charge on any atom is 0.0559 e. The molecule has 0 fully saturated rings. The van der Waals surface area contributed by atoms with Crippen LogP contribution in [-0.2, 0) is 0 Å². The molecule has 0 saturated heterocycles. The van der Waals surface area contributed by atoms with E-state index in [-0.39, 0.29) is 0 Å². The van der Waals surface area contributed by atoms with Crippen molar-refractivity contribution in [2.45, 2.75) is 32.7 Å². The zero-order chi connectivity index (χ0) is 10.1. The third-order valence-corrected chi connectivity index (χ3v) is 3.19. The summed E-state index contributed by atoms with van der Waals surface area (Å²) in [5, 5.41) is 4.25. The molecule has 0 spiro atoms. The second-order valence-electron chi connectivity index (χ2n) is 4.08. The molecule has 1 aliphatic carbocycles. The van der Waals surface area contributed by atoms with E-state index in [1.165, 1.54) is 24.0 Å². The van der Waals surface area contributed by atoms with Crippen molar-refractivity contribution >= 4 is 11.6 Å². The number of hydrogen-bond acceptors (Lipinski definition) is 1. The molecule has 1 heterocycles. The minimum Gasteiger partial charge on any atom is -0.384 e. The second-order valence-corrected chi connectivity index (χ2v) is 4.52. The summed E-state index contributed by atoms with van der Waals surface area (Å²) in [4.78, 5) is 0. The average molecular weight is 210 g/mol. The van der Waals surface area contributed by atoms with E-state index in [1.807, 2.05) is 0 Å². The first-order chi connectivity index (χ1) is 6.72. The van der Waals surface area contributed by atoms with E-state index < -0.39 is 0 Å². The summed E-state index contributed by atoms with van der Waals surface area (Å²) in [6.07, 6.45) is 8.76. The lowest BCUT2D eigenvalue weighted by Gasteiger charge is -2.24. The summed E-state index contributed by atoms with van der Waals surface area (Å²) >= 11 is 6.02. The van der Waals surface area contributed by atoms with Gasteiger partial charge in [-0.25, -0.2) is 0 Å². The van der Waals surface area contributed by atoms with Crippen LogP contribution in [0.4, 0.5) is 0 Å². The molecular weight excluding hydrogens is 194 g/mol. The highest BCUT2D eigenvalue weighted by Crippen LogP contribution is 2.36. The highest BCUT2D eigenvalue weighted by atomic mass is 35.5. The summed E-state index contributed by atoms with van der Waals surface area (Å²) in [5.41, 5.74) is 2.90. The standard InChI is InChI=1S/C12H16ClN/c1-3-4-9-7-14-11-6-10(13)5-8(2)12(9)11/h5-7,11-12,14H,3-4H2,1-2H3. The van der Waals surface area contributed by atoms with Crippen molar-refractivity contribution < 1.29 is 0 Å². The largest absolute Gasteiger partial charge is 0.384 e. The number of hydrogen-bond donors (Lipinski definition) is 1. The van der Waals surface area contributed by atoms with E-state index in [9.17, 15) is 0 Å². The van der Waals surface area contributed by atoms with E-state index >= 15 is 0 Å². The Morgan fingerprint density at radius 1 is 1.50 bits per heavy atom. The van der Waals surface area contributed by atoms with Crippen LogP contribution in [0.3, 0.4) is 0 Å². The Morgan fingerprint density at radius 2 is 2.29 bits per heavy atom. The monoisotopic (exact) mass is 209 g/mol. The van der Waals surface area contributed by atoms with Gasteiger partial charge in [-0.2, -0.15) is 0 Å². The number of nitrogens with one attached hydrogen (secondary N) is 1. The highest BCUT2D eigenvalue weighted by Gasteiger charge is 2.31. The lowest BCUT2D eigenvalue weighted by Crippen LogP contribution is -2.28. The predicted octanol–water partition coefficient (Wildman–Crippen LogP) is 3.34. The Balaban J connectivity index is 2.21. The van der Waals surface area contributed by atoms with Gasteiger partial charge in [-0.15, -0.1) is 0 Å². The van der Waals surface area contributed by atoms with Gasteiger partial charge < -0.3 is 5.32 Å². The van der Waals surface area contributed by atoms with Gasteiger partial charge in [-0.05, 0) is 37.3 Å². The summed E-state index contributed by atoms with van der Waals surface area (Å²) in [6, 6.07) is 0.397. The maximum atomic E-state index is 6.02. The zero-order valence-corrected chi connectivity index (χ0v) is 9.43. The van der Waals surface area contributed by atoms with Gasteiger partial charge in [0.25, 0.3) is 0 Å². The first-order valence-electron chi connectivity index (χ1n) is 5.23. The number of allylic oxidation sites excluding steroid dienone is 2. The molecule has 2 rings (SSSR count). The molecule has 2 unspecified atom stereocenters. The molecule has 2 atom stereocenters. The lowest BCUT2D eigenvalue weighted by molar-refractivity contribution is 0.586. The summed E-state index contributed by atoms with van der Waals surface area (Å²) in [5.74, 6) is 0.553. The summed E-state index contributed by atoms with van der Waals surface area (Å²) in [7, 11) is 0. The van der Waals surface area contributed by atoms with Gasteiger partial charge in [-0.1, -0.05) is 30.5 Å². The molecule has 2 aliphatic rings. The predicted molar refractivity (Wildman–Crippen MR) is 61.1 cm³/mol. The molecule has 1 nitrogen and oxygen atoms in total. The molecule has 2 heteroatoms. The Morgan fingerprint density at radius 3 is 3.00 bits per heavy atom. The van der Waals surface area contributed by atoms with Crippen molar-refractivity contribution in [2.75, 3.05) is 0 Å². The lowest BCUT2D eigenvalue weighted by atomic mass is 9.83. The van der Waals surface area contributed by atoms with E-state index in [2.05, 4.69) is 37.5 Å². The van der Waals surface area contributed by atoms with Crippen LogP contribution < -0.4 is 5.32 Å². The molecular formula is C12H16ClN. The first kappa shape index (κ1) is 9.85. The van der Waals surface area contributed by atoms with Gasteiger partial charge in [0, 0.05) is 11.0 Å². The minimum absolute atomic E-state index is 0.397. The number of rotatable bonds is 2. The van der Waals surface area contributed by atoms with Crippen LogP contribution >= 0.6 is 11.6 Å². The summed E-state index contributed by atoms with van der Waals surface area (Å²) < 4.78 is 0. The fourth-order valence-electron chi connectivity index (χ4n) is 2.38. The Hall–Kier alpha value is -0.690. The van der Waals surface area contributed by atoms with Gasteiger partial charge in [0.15, 0.2) is 0 Å². The van der Waals surface area contributed by atoms with Crippen molar-refractivity contribution in [1.29, 1.82) is 0 Å².